The maximum absolute atomic E-state index is 12.7. The molecule has 5 heteroatoms. The van der Waals surface area contributed by atoms with Gasteiger partial charge in [-0.05, 0) is 41.8 Å². The standard InChI is InChI=1S/C19H19ClN2O2/c1-14(23)22(18-8-6-17(20)7-9-18)13-19(24)21-11-10-15-4-2-3-5-16(15)12-21/h2-9H,10-13H2,1H3. The van der Waals surface area contributed by atoms with Crippen molar-refractivity contribution >= 4 is 29.1 Å². The van der Waals surface area contributed by atoms with E-state index in [1.807, 2.05) is 17.0 Å². The molecule has 0 fully saturated rings. The number of carbonyl (C=O) groups excluding carboxylic acids is 2. The summed E-state index contributed by atoms with van der Waals surface area (Å²) in [6.07, 6.45) is 0.850. The fraction of sp³-hybridized carbons (Fsp3) is 0.263. The van der Waals surface area contributed by atoms with Gasteiger partial charge in [-0.1, -0.05) is 35.9 Å². The molecule has 3 rings (SSSR count). The minimum absolute atomic E-state index is 0.0408. The second-order valence-corrected chi connectivity index (χ2v) is 6.35. The van der Waals surface area contributed by atoms with E-state index in [0.717, 1.165) is 6.42 Å². The third kappa shape index (κ3) is 3.60. The molecule has 2 amide bonds. The van der Waals surface area contributed by atoms with Gasteiger partial charge in [0, 0.05) is 30.7 Å². The van der Waals surface area contributed by atoms with Crippen molar-refractivity contribution in [1.82, 2.24) is 4.90 Å². The van der Waals surface area contributed by atoms with Gasteiger partial charge < -0.3 is 9.80 Å². The third-order valence-corrected chi connectivity index (χ3v) is 4.55. The number of rotatable bonds is 3. The fourth-order valence-electron chi connectivity index (χ4n) is 2.95. The third-order valence-electron chi connectivity index (χ3n) is 4.30. The Bertz CT molecular complexity index is 758. The maximum atomic E-state index is 12.7. The molecular weight excluding hydrogens is 324 g/mol. The lowest BCUT2D eigenvalue weighted by atomic mass is 10.00. The second-order valence-electron chi connectivity index (χ2n) is 5.92. The van der Waals surface area contributed by atoms with Gasteiger partial charge in [-0.2, -0.15) is 0 Å². The highest BCUT2D eigenvalue weighted by Crippen LogP contribution is 2.21. The van der Waals surface area contributed by atoms with E-state index < -0.39 is 0 Å². The van der Waals surface area contributed by atoms with Gasteiger partial charge in [-0.25, -0.2) is 0 Å². The van der Waals surface area contributed by atoms with Crippen molar-refractivity contribution in [3.05, 3.63) is 64.7 Å². The predicted octanol–water partition coefficient (Wildman–Crippen LogP) is 3.28. The van der Waals surface area contributed by atoms with Gasteiger partial charge in [0.1, 0.15) is 6.54 Å². The van der Waals surface area contributed by atoms with E-state index in [0.29, 0.717) is 23.8 Å². The lowest BCUT2D eigenvalue weighted by Crippen LogP contribution is -2.44. The number of amides is 2. The minimum atomic E-state index is -0.164. The molecular formula is C19H19ClN2O2. The molecule has 0 saturated carbocycles. The summed E-state index contributed by atoms with van der Waals surface area (Å²) >= 11 is 5.89. The first-order valence-electron chi connectivity index (χ1n) is 7.93. The summed E-state index contributed by atoms with van der Waals surface area (Å²) in [5.41, 5.74) is 3.15. The normalized spacial score (nSPS) is 13.3. The van der Waals surface area contributed by atoms with E-state index in [1.54, 1.807) is 24.3 Å². The van der Waals surface area contributed by atoms with Crippen LogP contribution in [0.15, 0.2) is 48.5 Å². The van der Waals surface area contributed by atoms with Gasteiger partial charge in [-0.3, -0.25) is 9.59 Å². The van der Waals surface area contributed by atoms with Crippen molar-refractivity contribution in [2.75, 3.05) is 18.0 Å². The Morgan fingerprint density at radius 1 is 1.08 bits per heavy atom. The monoisotopic (exact) mass is 342 g/mol. The molecule has 24 heavy (non-hydrogen) atoms. The summed E-state index contributed by atoms with van der Waals surface area (Å²) in [7, 11) is 0. The van der Waals surface area contributed by atoms with Gasteiger partial charge in [-0.15, -0.1) is 0 Å². The van der Waals surface area contributed by atoms with E-state index >= 15 is 0 Å². The van der Waals surface area contributed by atoms with E-state index in [1.165, 1.54) is 23.0 Å². The zero-order chi connectivity index (χ0) is 17.1. The van der Waals surface area contributed by atoms with Crippen LogP contribution >= 0.6 is 11.6 Å². The Balaban J connectivity index is 1.73. The number of anilines is 1. The highest BCUT2D eigenvalue weighted by molar-refractivity contribution is 6.30. The number of nitrogens with zero attached hydrogens (tertiary/aromatic N) is 2. The molecule has 1 heterocycles. The highest BCUT2D eigenvalue weighted by atomic mass is 35.5. The van der Waals surface area contributed by atoms with E-state index in [9.17, 15) is 9.59 Å². The van der Waals surface area contributed by atoms with Crippen LogP contribution in [-0.4, -0.2) is 29.8 Å². The molecule has 4 nitrogen and oxygen atoms in total. The summed E-state index contributed by atoms with van der Waals surface area (Å²) < 4.78 is 0. The lowest BCUT2D eigenvalue weighted by Gasteiger charge is -2.31. The van der Waals surface area contributed by atoms with Crippen LogP contribution in [0.25, 0.3) is 0 Å². The van der Waals surface area contributed by atoms with Crippen molar-refractivity contribution in [3.63, 3.8) is 0 Å². The van der Waals surface area contributed by atoms with Crippen LogP contribution in [-0.2, 0) is 22.6 Å². The Morgan fingerprint density at radius 2 is 1.75 bits per heavy atom. The molecule has 1 aliphatic rings. The zero-order valence-electron chi connectivity index (χ0n) is 13.5. The van der Waals surface area contributed by atoms with E-state index in [2.05, 4.69) is 12.1 Å². The van der Waals surface area contributed by atoms with Crippen molar-refractivity contribution in [2.24, 2.45) is 0 Å². The molecule has 124 valence electrons. The maximum Gasteiger partial charge on any atom is 0.242 e. The molecule has 0 unspecified atom stereocenters. The summed E-state index contributed by atoms with van der Waals surface area (Å²) in [5.74, 6) is -0.210. The Morgan fingerprint density at radius 3 is 2.42 bits per heavy atom. The largest absolute Gasteiger partial charge is 0.336 e. The smallest absolute Gasteiger partial charge is 0.242 e. The Hall–Kier alpha value is -2.33. The van der Waals surface area contributed by atoms with Crippen LogP contribution in [0, 0.1) is 0 Å². The topological polar surface area (TPSA) is 40.6 Å². The van der Waals surface area contributed by atoms with Crippen LogP contribution in [0.5, 0.6) is 0 Å². The zero-order valence-corrected chi connectivity index (χ0v) is 14.3. The average molecular weight is 343 g/mol. The first kappa shape index (κ1) is 16.5. The fourth-order valence-corrected chi connectivity index (χ4v) is 3.08. The average Bonchev–Trinajstić information content (AvgIpc) is 2.59. The quantitative estimate of drug-likeness (QED) is 0.859. The minimum Gasteiger partial charge on any atom is -0.336 e. The van der Waals surface area contributed by atoms with Crippen LogP contribution < -0.4 is 4.90 Å². The molecule has 0 spiro atoms. The molecule has 1 aliphatic heterocycles. The second kappa shape index (κ2) is 7.05. The number of benzene rings is 2. The predicted molar refractivity (Wildman–Crippen MR) is 95.0 cm³/mol. The van der Waals surface area contributed by atoms with E-state index in [4.69, 9.17) is 11.6 Å². The first-order valence-corrected chi connectivity index (χ1v) is 8.30. The number of hydrogen-bond donors (Lipinski definition) is 0. The SMILES string of the molecule is CC(=O)N(CC(=O)N1CCc2ccccc2C1)c1ccc(Cl)cc1. The first-order chi connectivity index (χ1) is 11.5. The highest BCUT2D eigenvalue weighted by Gasteiger charge is 2.23. The van der Waals surface area contributed by atoms with Crippen molar-refractivity contribution < 1.29 is 9.59 Å². The molecule has 0 radical (unpaired) electrons. The molecule has 0 N–H and O–H groups in total. The number of fused-ring (bicyclic) bond motifs is 1. The van der Waals surface area contributed by atoms with Crippen molar-refractivity contribution in [2.45, 2.75) is 19.9 Å². The number of halogens is 1. The van der Waals surface area contributed by atoms with Crippen LogP contribution in [0.3, 0.4) is 0 Å². The van der Waals surface area contributed by atoms with E-state index in [-0.39, 0.29) is 18.4 Å². The summed E-state index contributed by atoms with van der Waals surface area (Å²) in [5, 5.41) is 0.598. The lowest BCUT2D eigenvalue weighted by molar-refractivity contribution is -0.132. The summed E-state index contributed by atoms with van der Waals surface area (Å²) in [4.78, 5) is 27.9. The summed E-state index contributed by atoms with van der Waals surface area (Å²) in [6.45, 7) is 2.79. The van der Waals surface area contributed by atoms with Gasteiger partial charge in [0.25, 0.3) is 0 Å². The van der Waals surface area contributed by atoms with Gasteiger partial charge >= 0.3 is 0 Å². The Labute approximate surface area is 146 Å². The van der Waals surface area contributed by atoms with Crippen LogP contribution in [0.1, 0.15) is 18.1 Å². The molecule has 0 saturated heterocycles. The van der Waals surface area contributed by atoms with Gasteiger partial charge in [0.2, 0.25) is 11.8 Å². The van der Waals surface area contributed by atoms with Gasteiger partial charge in [0.15, 0.2) is 0 Å². The Kier molecular flexibility index (Phi) is 4.86. The van der Waals surface area contributed by atoms with Crippen molar-refractivity contribution in [1.29, 1.82) is 0 Å². The molecule has 0 aliphatic carbocycles. The van der Waals surface area contributed by atoms with Crippen LogP contribution in [0.2, 0.25) is 5.02 Å². The molecule has 0 bridgehead atoms. The van der Waals surface area contributed by atoms with Gasteiger partial charge in [0.05, 0.1) is 0 Å². The number of hydrogen-bond acceptors (Lipinski definition) is 2. The molecule has 2 aromatic carbocycles. The van der Waals surface area contributed by atoms with Crippen LogP contribution in [0.4, 0.5) is 5.69 Å². The van der Waals surface area contributed by atoms with Crippen molar-refractivity contribution in [3.8, 4) is 0 Å². The molecule has 0 atom stereocenters. The molecule has 2 aromatic rings. The molecule has 0 aromatic heterocycles. The number of carbonyl (C=O) groups is 2. The summed E-state index contributed by atoms with van der Waals surface area (Å²) in [6, 6.07) is 15.1.